The summed E-state index contributed by atoms with van der Waals surface area (Å²) in [5.74, 6) is 0.178. The zero-order valence-corrected chi connectivity index (χ0v) is 6.42. The third-order valence-corrected chi connectivity index (χ3v) is 1.61. The number of hydrogen-bond donors (Lipinski definition) is 1. The van der Waals surface area contributed by atoms with Gasteiger partial charge in [0.25, 0.3) is 0 Å². The van der Waals surface area contributed by atoms with Crippen LogP contribution in [0.25, 0.3) is 0 Å². The van der Waals surface area contributed by atoms with Crippen molar-refractivity contribution in [1.29, 1.82) is 0 Å². The molecule has 0 aliphatic heterocycles. The molecule has 0 spiro atoms. The number of alkyl halides is 1. The van der Waals surface area contributed by atoms with Crippen LogP contribution in [0.3, 0.4) is 0 Å². The lowest BCUT2D eigenvalue weighted by Crippen LogP contribution is -1.87. The third kappa shape index (κ3) is 1.93. The summed E-state index contributed by atoms with van der Waals surface area (Å²) in [4.78, 5) is 0. The Bertz CT molecular complexity index is 218. The van der Waals surface area contributed by atoms with Crippen LogP contribution in [-0.2, 0) is 0 Å². The Morgan fingerprint density at radius 3 is 2.36 bits per heavy atom. The maximum atomic E-state index is 12.9. The minimum Gasteiger partial charge on any atom is -0.508 e. The topological polar surface area (TPSA) is 20.2 Å². The van der Waals surface area contributed by atoms with Crippen molar-refractivity contribution in [3.8, 4) is 5.75 Å². The minimum absolute atomic E-state index is 0.178. The quantitative estimate of drug-likeness (QED) is 0.694. The molecule has 0 aromatic heterocycles. The van der Waals surface area contributed by atoms with Gasteiger partial charge in [0.1, 0.15) is 11.9 Å². The molecule has 1 N–H and O–H groups in total. The second kappa shape index (κ2) is 3.37. The van der Waals surface area contributed by atoms with E-state index in [0.717, 1.165) is 0 Å². The second-order valence-corrected chi connectivity index (χ2v) is 2.47. The predicted octanol–water partition coefficient (Wildman–Crippen LogP) is 2.81. The first kappa shape index (κ1) is 8.05. The zero-order valence-electron chi connectivity index (χ0n) is 6.42. The van der Waals surface area contributed by atoms with Gasteiger partial charge in [0, 0.05) is 0 Å². The smallest absolute Gasteiger partial charge is 0.125 e. The van der Waals surface area contributed by atoms with Crippen LogP contribution in [0.4, 0.5) is 4.39 Å². The molecular weight excluding hydrogens is 143 g/mol. The largest absolute Gasteiger partial charge is 0.508 e. The standard InChI is InChI=1S/C9H11FO/c1-2-9(10)7-3-5-8(11)6-4-7/h3-6,9,11H,2H2,1H3/t9-/m0/s1. The molecule has 0 aliphatic carbocycles. The summed E-state index contributed by atoms with van der Waals surface area (Å²) in [5.41, 5.74) is 0.630. The Hall–Kier alpha value is -1.05. The molecule has 0 unspecified atom stereocenters. The molecular formula is C9H11FO. The van der Waals surface area contributed by atoms with Gasteiger partial charge in [0.05, 0.1) is 0 Å². The van der Waals surface area contributed by atoms with Gasteiger partial charge in [-0.25, -0.2) is 4.39 Å². The van der Waals surface area contributed by atoms with E-state index in [0.29, 0.717) is 12.0 Å². The number of aromatic hydroxyl groups is 1. The Balaban J connectivity index is 2.81. The molecule has 0 saturated carbocycles. The van der Waals surface area contributed by atoms with Gasteiger partial charge in [-0.05, 0) is 24.1 Å². The van der Waals surface area contributed by atoms with E-state index in [1.807, 2.05) is 0 Å². The fourth-order valence-electron chi connectivity index (χ4n) is 0.919. The first-order valence-electron chi connectivity index (χ1n) is 3.67. The molecule has 1 atom stereocenters. The van der Waals surface area contributed by atoms with Crippen LogP contribution >= 0.6 is 0 Å². The average molecular weight is 154 g/mol. The van der Waals surface area contributed by atoms with Crippen LogP contribution in [0.5, 0.6) is 5.75 Å². The predicted molar refractivity (Wildman–Crippen MR) is 42.2 cm³/mol. The molecule has 0 amide bonds. The van der Waals surface area contributed by atoms with E-state index in [1.54, 1.807) is 19.1 Å². The Morgan fingerprint density at radius 2 is 1.91 bits per heavy atom. The molecule has 1 rings (SSSR count). The summed E-state index contributed by atoms with van der Waals surface area (Å²) in [6, 6.07) is 6.20. The summed E-state index contributed by atoms with van der Waals surface area (Å²) in [7, 11) is 0. The molecule has 11 heavy (non-hydrogen) atoms. The Kier molecular flexibility index (Phi) is 2.47. The van der Waals surface area contributed by atoms with Gasteiger partial charge in [0.2, 0.25) is 0 Å². The highest BCUT2D eigenvalue weighted by atomic mass is 19.1. The van der Waals surface area contributed by atoms with Crippen molar-refractivity contribution in [3.05, 3.63) is 29.8 Å². The molecule has 2 heteroatoms. The molecule has 0 aliphatic rings. The van der Waals surface area contributed by atoms with Crippen LogP contribution in [-0.4, -0.2) is 5.11 Å². The summed E-state index contributed by atoms with van der Waals surface area (Å²) in [6.07, 6.45) is -0.430. The van der Waals surface area contributed by atoms with Gasteiger partial charge in [-0.3, -0.25) is 0 Å². The highest BCUT2D eigenvalue weighted by Gasteiger charge is 2.05. The van der Waals surface area contributed by atoms with Crippen LogP contribution in [0.1, 0.15) is 25.1 Å². The molecule has 0 radical (unpaired) electrons. The number of benzene rings is 1. The SMILES string of the molecule is CC[C@H](F)c1ccc(O)cc1. The molecule has 0 bridgehead atoms. The molecule has 1 nitrogen and oxygen atoms in total. The van der Waals surface area contributed by atoms with E-state index < -0.39 is 6.17 Å². The first-order chi connectivity index (χ1) is 5.24. The van der Waals surface area contributed by atoms with E-state index in [9.17, 15) is 4.39 Å². The fraction of sp³-hybridized carbons (Fsp3) is 0.333. The van der Waals surface area contributed by atoms with Gasteiger partial charge in [-0.15, -0.1) is 0 Å². The van der Waals surface area contributed by atoms with Crippen LogP contribution in [0.2, 0.25) is 0 Å². The lowest BCUT2D eigenvalue weighted by Gasteiger charge is -2.03. The highest BCUT2D eigenvalue weighted by Crippen LogP contribution is 2.22. The maximum absolute atomic E-state index is 12.9. The fourth-order valence-corrected chi connectivity index (χ4v) is 0.919. The van der Waals surface area contributed by atoms with Crippen molar-refractivity contribution in [2.24, 2.45) is 0 Å². The summed E-state index contributed by atoms with van der Waals surface area (Å²) in [6.45, 7) is 1.79. The Morgan fingerprint density at radius 1 is 1.36 bits per heavy atom. The van der Waals surface area contributed by atoms with Crippen molar-refractivity contribution in [1.82, 2.24) is 0 Å². The normalized spacial score (nSPS) is 12.9. The molecule has 0 saturated heterocycles. The Labute approximate surface area is 65.5 Å². The van der Waals surface area contributed by atoms with Crippen molar-refractivity contribution in [2.75, 3.05) is 0 Å². The molecule has 60 valence electrons. The van der Waals surface area contributed by atoms with Crippen molar-refractivity contribution in [3.63, 3.8) is 0 Å². The summed E-state index contributed by atoms with van der Waals surface area (Å²) < 4.78 is 12.9. The first-order valence-corrected chi connectivity index (χ1v) is 3.67. The van der Waals surface area contributed by atoms with Gasteiger partial charge >= 0.3 is 0 Å². The second-order valence-electron chi connectivity index (χ2n) is 2.47. The monoisotopic (exact) mass is 154 g/mol. The van der Waals surface area contributed by atoms with Crippen LogP contribution in [0.15, 0.2) is 24.3 Å². The van der Waals surface area contributed by atoms with Gasteiger partial charge in [-0.1, -0.05) is 19.1 Å². The zero-order chi connectivity index (χ0) is 8.27. The summed E-state index contributed by atoms with van der Waals surface area (Å²) >= 11 is 0. The van der Waals surface area contributed by atoms with Crippen LogP contribution in [0, 0.1) is 0 Å². The van der Waals surface area contributed by atoms with Crippen molar-refractivity contribution in [2.45, 2.75) is 19.5 Å². The molecule has 0 heterocycles. The lowest BCUT2D eigenvalue weighted by molar-refractivity contribution is 0.334. The van der Waals surface area contributed by atoms with Gasteiger partial charge < -0.3 is 5.11 Å². The number of hydrogen-bond acceptors (Lipinski definition) is 1. The summed E-state index contributed by atoms with van der Waals surface area (Å²) in [5, 5.41) is 8.89. The van der Waals surface area contributed by atoms with Gasteiger partial charge in [0.15, 0.2) is 0 Å². The maximum Gasteiger partial charge on any atom is 0.125 e. The highest BCUT2D eigenvalue weighted by molar-refractivity contribution is 5.27. The molecule has 1 aromatic rings. The number of rotatable bonds is 2. The third-order valence-electron chi connectivity index (χ3n) is 1.61. The molecule has 1 aromatic carbocycles. The minimum atomic E-state index is -0.907. The molecule has 0 fully saturated rings. The average Bonchev–Trinajstić information content (AvgIpc) is 2.05. The van der Waals surface area contributed by atoms with E-state index in [4.69, 9.17) is 5.11 Å². The van der Waals surface area contributed by atoms with Crippen LogP contribution < -0.4 is 0 Å². The van der Waals surface area contributed by atoms with E-state index in [-0.39, 0.29) is 5.75 Å². The van der Waals surface area contributed by atoms with Gasteiger partial charge in [-0.2, -0.15) is 0 Å². The number of halogens is 1. The van der Waals surface area contributed by atoms with E-state index in [2.05, 4.69) is 0 Å². The number of phenols is 1. The number of phenolic OH excluding ortho intramolecular Hbond substituents is 1. The van der Waals surface area contributed by atoms with E-state index in [1.165, 1.54) is 12.1 Å². The van der Waals surface area contributed by atoms with E-state index >= 15 is 0 Å². The lowest BCUT2D eigenvalue weighted by atomic mass is 10.1. The van der Waals surface area contributed by atoms with Crippen molar-refractivity contribution < 1.29 is 9.50 Å². The van der Waals surface area contributed by atoms with Crippen molar-refractivity contribution >= 4 is 0 Å².